The molecule has 22 heavy (non-hydrogen) atoms. The largest absolute Gasteiger partial charge is 0.494 e. The zero-order valence-corrected chi connectivity index (χ0v) is 12.3. The van der Waals surface area contributed by atoms with Crippen LogP contribution in [-0.2, 0) is 0 Å². The summed E-state index contributed by atoms with van der Waals surface area (Å²) in [5.74, 6) is 0.604. The summed E-state index contributed by atoms with van der Waals surface area (Å²) in [5, 5.41) is 0. The SMILES string of the molecule is CCOc1ccc(-c2cccc(-c3ccc(F)cc3)n2)cc1. The van der Waals surface area contributed by atoms with Gasteiger partial charge >= 0.3 is 0 Å². The Morgan fingerprint density at radius 1 is 0.818 bits per heavy atom. The first-order chi connectivity index (χ1) is 10.8. The smallest absolute Gasteiger partial charge is 0.123 e. The molecule has 0 bridgehead atoms. The molecule has 0 fully saturated rings. The van der Waals surface area contributed by atoms with E-state index in [9.17, 15) is 4.39 Å². The van der Waals surface area contributed by atoms with Gasteiger partial charge in [0, 0.05) is 11.1 Å². The molecule has 0 aliphatic rings. The summed E-state index contributed by atoms with van der Waals surface area (Å²) in [6, 6.07) is 20.0. The van der Waals surface area contributed by atoms with Crippen LogP contribution in [0.4, 0.5) is 4.39 Å². The van der Waals surface area contributed by atoms with Crippen LogP contribution in [0.1, 0.15) is 6.92 Å². The van der Waals surface area contributed by atoms with Gasteiger partial charge in [-0.05, 0) is 67.6 Å². The molecule has 1 heterocycles. The second kappa shape index (κ2) is 6.39. The number of aromatic nitrogens is 1. The predicted molar refractivity (Wildman–Crippen MR) is 86.2 cm³/mol. The van der Waals surface area contributed by atoms with E-state index in [0.717, 1.165) is 28.3 Å². The third-order valence-electron chi connectivity index (χ3n) is 3.35. The second-order valence-corrected chi connectivity index (χ2v) is 4.87. The lowest BCUT2D eigenvalue weighted by Crippen LogP contribution is -1.91. The molecule has 0 saturated heterocycles. The number of halogens is 1. The number of pyridine rings is 1. The van der Waals surface area contributed by atoms with Crippen LogP contribution < -0.4 is 4.74 Å². The molecule has 3 rings (SSSR count). The highest BCUT2D eigenvalue weighted by molar-refractivity contribution is 5.66. The average molecular weight is 293 g/mol. The Morgan fingerprint density at radius 3 is 1.91 bits per heavy atom. The van der Waals surface area contributed by atoms with Gasteiger partial charge in [0.05, 0.1) is 18.0 Å². The molecule has 0 N–H and O–H groups in total. The van der Waals surface area contributed by atoms with Crippen LogP contribution in [0.5, 0.6) is 5.75 Å². The van der Waals surface area contributed by atoms with Gasteiger partial charge in [-0.2, -0.15) is 0 Å². The molecule has 1 aromatic heterocycles. The summed E-state index contributed by atoms with van der Waals surface area (Å²) in [6.45, 7) is 2.61. The average Bonchev–Trinajstić information content (AvgIpc) is 2.57. The minimum absolute atomic E-state index is 0.244. The predicted octanol–water partition coefficient (Wildman–Crippen LogP) is 4.95. The van der Waals surface area contributed by atoms with Crippen molar-refractivity contribution >= 4 is 0 Å². The summed E-state index contributed by atoms with van der Waals surface area (Å²) < 4.78 is 18.5. The number of rotatable bonds is 4. The van der Waals surface area contributed by atoms with E-state index in [1.807, 2.05) is 49.4 Å². The maximum atomic E-state index is 13.0. The van der Waals surface area contributed by atoms with E-state index < -0.39 is 0 Å². The fraction of sp³-hybridized carbons (Fsp3) is 0.105. The second-order valence-electron chi connectivity index (χ2n) is 4.87. The summed E-state index contributed by atoms with van der Waals surface area (Å²) in [5.41, 5.74) is 3.62. The van der Waals surface area contributed by atoms with Crippen LogP contribution in [-0.4, -0.2) is 11.6 Å². The zero-order chi connectivity index (χ0) is 15.4. The van der Waals surface area contributed by atoms with Crippen LogP contribution >= 0.6 is 0 Å². The van der Waals surface area contributed by atoms with Gasteiger partial charge in [0.1, 0.15) is 11.6 Å². The third kappa shape index (κ3) is 3.14. The van der Waals surface area contributed by atoms with E-state index >= 15 is 0 Å². The lowest BCUT2D eigenvalue weighted by atomic mass is 10.1. The van der Waals surface area contributed by atoms with Gasteiger partial charge < -0.3 is 4.74 Å². The van der Waals surface area contributed by atoms with Crippen molar-refractivity contribution < 1.29 is 9.13 Å². The molecular formula is C19H16FNO. The maximum Gasteiger partial charge on any atom is 0.123 e. The summed E-state index contributed by atoms with van der Waals surface area (Å²) in [4.78, 5) is 4.66. The van der Waals surface area contributed by atoms with E-state index in [-0.39, 0.29) is 5.82 Å². The quantitative estimate of drug-likeness (QED) is 0.678. The molecule has 0 spiro atoms. The highest BCUT2D eigenvalue weighted by Gasteiger charge is 2.04. The Balaban J connectivity index is 1.92. The van der Waals surface area contributed by atoms with Crippen LogP contribution in [0.25, 0.3) is 22.5 Å². The van der Waals surface area contributed by atoms with E-state index in [0.29, 0.717) is 6.61 Å². The lowest BCUT2D eigenvalue weighted by Gasteiger charge is -2.07. The minimum atomic E-state index is -0.244. The number of benzene rings is 2. The van der Waals surface area contributed by atoms with Crippen molar-refractivity contribution in [2.75, 3.05) is 6.61 Å². The van der Waals surface area contributed by atoms with Crippen LogP contribution in [0.3, 0.4) is 0 Å². The Morgan fingerprint density at radius 2 is 1.36 bits per heavy atom. The molecule has 0 aliphatic heterocycles. The van der Waals surface area contributed by atoms with E-state index in [1.54, 1.807) is 12.1 Å². The number of ether oxygens (including phenoxy) is 1. The molecule has 0 radical (unpaired) electrons. The topological polar surface area (TPSA) is 22.1 Å². The first-order valence-electron chi connectivity index (χ1n) is 7.22. The van der Waals surface area contributed by atoms with Crippen molar-refractivity contribution in [2.24, 2.45) is 0 Å². The molecule has 3 heteroatoms. The molecule has 0 amide bonds. The first kappa shape index (κ1) is 14.3. The number of nitrogens with zero attached hydrogens (tertiary/aromatic N) is 1. The molecule has 0 atom stereocenters. The van der Waals surface area contributed by atoms with Gasteiger partial charge in [0.25, 0.3) is 0 Å². The maximum absolute atomic E-state index is 13.0. The Kier molecular flexibility index (Phi) is 4.15. The Hall–Kier alpha value is -2.68. The van der Waals surface area contributed by atoms with Crippen molar-refractivity contribution in [3.05, 3.63) is 72.5 Å². The number of hydrogen-bond donors (Lipinski definition) is 0. The standard InChI is InChI=1S/C19H16FNO/c1-2-22-17-12-8-15(9-13-17)19-5-3-4-18(21-19)14-6-10-16(20)11-7-14/h3-13H,2H2,1H3. The molecule has 0 aliphatic carbocycles. The van der Waals surface area contributed by atoms with E-state index in [4.69, 9.17) is 4.74 Å². The monoisotopic (exact) mass is 293 g/mol. The highest BCUT2D eigenvalue weighted by atomic mass is 19.1. The minimum Gasteiger partial charge on any atom is -0.494 e. The Labute approximate surface area is 129 Å². The molecule has 2 nitrogen and oxygen atoms in total. The van der Waals surface area contributed by atoms with Crippen LogP contribution in [0.15, 0.2) is 66.7 Å². The molecule has 3 aromatic rings. The molecular weight excluding hydrogens is 277 g/mol. The van der Waals surface area contributed by atoms with Crippen molar-refractivity contribution in [1.29, 1.82) is 0 Å². The fourth-order valence-electron chi connectivity index (χ4n) is 2.27. The van der Waals surface area contributed by atoms with Gasteiger partial charge in [0.2, 0.25) is 0 Å². The van der Waals surface area contributed by atoms with Crippen molar-refractivity contribution in [2.45, 2.75) is 6.92 Å². The molecule has 0 saturated carbocycles. The summed E-state index contributed by atoms with van der Waals surface area (Å²) in [6.07, 6.45) is 0. The van der Waals surface area contributed by atoms with Gasteiger partial charge in [-0.25, -0.2) is 9.37 Å². The molecule has 0 unspecified atom stereocenters. The molecule has 110 valence electrons. The number of hydrogen-bond acceptors (Lipinski definition) is 2. The normalized spacial score (nSPS) is 10.5. The van der Waals surface area contributed by atoms with Crippen LogP contribution in [0, 0.1) is 5.82 Å². The van der Waals surface area contributed by atoms with Gasteiger partial charge in [-0.1, -0.05) is 6.07 Å². The Bertz CT molecular complexity index is 751. The van der Waals surface area contributed by atoms with Gasteiger partial charge in [-0.15, -0.1) is 0 Å². The van der Waals surface area contributed by atoms with Crippen LogP contribution in [0.2, 0.25) is 0 Å². The fourth-order valence-corrected chi connectivity index (χ4v) is 2.27. The lowest BCUT2D eigenvalue weighted by molar-refractivity contribution is 0.340. The summed E-state index contributed by atoms with van der Waals surface area (Å²) >= 11 is 0. The van der Waals surface area contributed by atoms with Crippen molar-refractivity contribution in [1.82, 2.24) is 4.98 Å². The zero-order valence-electron chi connectivity index (χ0n) is 12.3. The first-order valence-corrected chi connectivity index (χ1v) is 7.22. The highest BCUT2D eigenvalue weighted by Crippen LogP contribution is 2.24. The summed E-state index contributed by atoms with van der Waals surface area (Å²) in [7, 11) is 0. The van der Waals surface area contributed by atoms with E-state index in [2.05, 4.69) is 4.98 Å². The molecule has 2 aromatic carbocycles. The van der Waals surface area contributed by atoms with Crippen molar-refractivity contribution in [3.63, 3.8) is 0 Å². The van der Waals surface area contributed by atoms with Gasteiger partial charge in [0.15, 0.2) is 0 Å². The van der Waals surface area contributed by atoms with Gasteiger partial charge in [-0.3, -0.25) is 0 Å². The van der Waals surface area contributed by atoms with Crippen molar-refractivity contribution in [3.8, 4) is 28.3 Å². The van der Waals surface area contributed by atoms with E-state index in [1.165, 1.54) is 12.1 Å². The third-order valence-corrected chi connectivity index (χ3v) is 3.35.